The minimum absolute atomic E-state index is 0.104. The predicted octanol–water partition coefficient (Wildman–Crippen LogP) is 3.30. The van der Waals surface area contributed by atoms with Crippen molar-refractivity contribution in [2.75, 3.05) is 6.61 Å². The van der Waals surface area contributed by atoms with Crippen molar-refractivity contribution in [2.24, 2.45) is 0 Å². The lowest BCUT2D eigenvalue weighted by atomic mass is 9.76. The molecule has 1 aromatic carbocycles. The lowest BCUT2D eigenvalue weighted by Crippen LogP contribution is -2.45. The Kier molecular flexibility index (Phi) is 5.95. The Hall–Kier alpha value is -1.62. The average molecular weight is 341 g/mol. The predicted molar refractivity (Wildman–Crippen MR) is 79.5 cm³/mol. The molecule has 0 saturated heterocycles. The van der Waals surface area contributed by atoms with Crippen molar-refractivity contribution in [3.63, 3.8) is 0 Å². The molecule has 0 fully saturated rings. The fourth-order valence-corrected chi connectivity index (χ4v) is 2.66. The van der Waals surface area contributed by atoms with E-state index in [4.69, 9.17) is 4.74 Å². The molecular weight excluding hydrogens is 324 g/mol. The third-order valence-electron chi connectivity index (χ3n) is 3.05. The zero-order valence-electron chi connectivity index (χ0n) is 11.3. The van der Waals surface area contributed by atoms with E-state index < -0.39 is 17.4 Å². The Bertz CT molecular complexity index is 512. The van der Waals surface area contributed by atoms with E-state index in [1.165, 1.54) is 0 Å². The van der Waals surface area contributed by atoms with Gasteiger partial charge in [0.25, 0.3) is 0 Å². The number of aliphatic carboxylic acids is 1. The van der Waals surface area contributed by atoms with E-state index in [2.05, 4.69) is 22.5 Å². The lowest BCUT2D eigenvalue weighted by molar-refractivity contribution is -0.162. The van der Waals surface area contributed by atoms with E-state index in [-0.39, 0.29) is 13.0 Å². The highest BCUT2D eigenvalue weighted by atomic mass is 79.9. The van der Waals surface area contributed by atoms with Gasteiger partial charge in [0, 0.05) is 4.47 Å². The molecule has 0 aliphatic carbocycles. The van der Waals surface area contributed by atoms with Crippen molar-refractivity contribution in [3.8, 4) is 0 Å². The van der Waals surface area contributed by atoms with Crippen molar-refractivity contribution in [2.45, 2.75) is 25.2 Å². The maximum atomic E-state index is 12.3. The smallest absolute Gasteiger partial charge is 0.328 e. The molecular formula is C15H17BrO4. The average Bonchev–Trinajstić information content (AvgIpc) is 2.41. The second-order valence-electron chi connectivity index (χ2n) is 4.24. The fourth-order valence-electron chi connectivity index (χ4n) is 2.04. The zero-order chi connectivity index (χ0) is 15.2. The van der Waals surface area contributed by atoms with Crippen LogP contribution in [0.3, 0.4) is 0 Å². The molecule has 20 heavy (non-hydrogen) atoms. The zero-order valence-corrected chi connectivity index (χ0v) is 12.9. The third-order valence-corrected chi connectivity index (χ3v) is 3.74. The van der Waals surface area contributed by atoms with Crippen LogP contribution in [0.15, 0.2) is 41.4 Å². The van der Waals surface area contributed by atoms with Crippen LogP contribution in [-0.2, 0) is 19.7 Å². The first kappa shape index (κ1) is 16.4. The molecule has 108 valence electrons. The van der Waals surface area contributed by atoms with E-state index >= 15 is 0 Å². The molecule has 0 aliphatic heterocycles. The van der Waals surface area contributed by atoms with Gasteiger partial charge in [-0.25, -0.2) is 0 Å². The second-order valence-corrected chi connectivity index (χ2v) is 5.09. The van der Waals surface area contributed by atoms with Gasteiger partial charge in [0.05, 0.1) is 6.61 Å². The van der Waals surface area contributed by atoms with Crippen molar-refractivity contribution in [1.82, 2.24) is 0 Å². The first-order valence-electron chi connectivity index (χ1n) is 6.27. The standard InChI is InChI=1S/C15H17BrO4/c1-3-5-10-15(13(17)18,14(19)20-4-2)11-8-6-7-9-12(11)16/h3,6-9H,1,4-5,10H2,2H3,(H,17,18). The van der Waals surface area contributed by atoms with Gasteiger partial charge in [-0.1, -0.05) is 40.2 Å². The summed E-state index contributed by atoms with van der Waals surface area (Å²) in [6, 6.07) is 6.79. The van der Waals surface area contributed by atoms with Gasteiger partial charge in [-0.15, -0.1) is 6.58 Å². The maximum Gasteiger partial charge on any atom is 0.328 e. The van der Waals surface area contributed by atoms with Gasteiger partial charge in [-0.05, 0) is 31.4 Å². The van der Waals surface area contributed by atoms with Crippen LogP contribution in [0, 0.1) is 0 Å². The van der Waals surface area contributed by atoms with Crippen LogP contribution in [0.2, 0.25) is 0 Å². The van der Waals surface area contributed by atoms with Gasteiger partial charge in [-0.3, -0.25) is 9.59 Å². The number of carboxylic acids is 1. The third kappa shape index (κ3) is 3.10. The van der Waals surface area contributed by atoms with Crippen molar-refractivity contribution in [3.05, 3.63) is 47.0 Å². The van der Waals surface area contributed by atoms with Crippen LogP contribution in [0.4, 0.5) is 0 Å². The van der Waals surface area contributed by atoms with E-state index in [1.807, 2.05) is 0 Å². The summed E-state index contributed by atoms with van der Waals surface area (Å²) in [5.74, 6) is -1.97. The molecule has 0 aliphatic rings. The van der Waals surface area contributed by atoms with E-state index in [9.17, 15) is 14.7 Å². The number of halogens is 1. The van der Waals surface area contributed by atoms with E-state index in [0.717, 1.165) is 0 Å². The number of carbonyl (C=O) groups is 2. The molecule has 1 atom stereocenters. The first-order valence-corrected chi connectivity index (χ1v) is 7.06. The topological polar surface area (TPSA) is 63.6 Å². The highest BCUT2D eigenvalue weighted by Gasteiger charge is 2.49. The summed E-state index contributed by atoms with van der Waals surface area (Å²) in [5, 5.41) is 9.67. The Balaban J connectivity index is 3.44. The largest absolute Gasteiger partial charge is 0.480 e. The maximum absolute atomic E-state index is 12.3. The molecule has 0 bridgehead atoms. The minimum Gasteiger partial charge on any atom is -0.480 e. The van der Waals surface area contributed by atoms with Crippen LogP contribution in [0.1, 0.15) is 25.3 Å². The van der Waals surface area contributed by atoms with Gasteiger partial charge >= 0.3 is 11.9 Å². The van der Waals surface area contributed by atoms with Gasteiger partial charge in [0.15, 0.2) is 5.41 Å². The molecule has 1 aromatic rings. The summed E-state index contributed by atoms with van der Waals surface area (Å²) in [4.78, 5) is 24.1. The highest BCUT2D eigenvalue weighted by Crippen LogP contribution is 2.36. The van der Waals surface area contributed by atoms with Crippen LogP contribution < -0.4 is 0 Å². The summed E-state index contributed by atoms with van der Waals surface area (Å²) in [5.41, 5.74) is -1.32. The normalized spacial score (nSPS) is 13.3. The number of rotatable bonds is 7. The summed E-state index contributed by atoms with van der Waals surface area (Å²) >= 11 is 3.31. The van der Waals surface area contributed by atoms with Crippen molar-refractivity contribution < 1.29 is 19.4 Å². The Labute approximate surface area is 126 Å². The van der Waals surface area contributed by atoms with Crippen LogP contribution in [-0.4, -0.2) is 23.7 Å². The second kappa shape index (κ2) is 7.24. The molecule has 0 amide bonds. The van der Waals surface area contributed by atoms with E-state index in [0.29, 0.717) is 16.5 Å². The minimum atomic E-state index is -1.72. The molecule has 0 spiro atoms. The van der Waals surface area contributed by atoms with Gasteiger partial charge in [-0.2, -0.15) is 0 Å². The highest BCUT2D eigenvalue weighted by molar-refractivity contribution is 9.10. The number of hydrogen-bond acceptors (Lipinski definition) is 3. The monoisotopic (exact) mass is 340 g/mol. The number of benzene rings is 1. The Morgan fingerprint density at radius 1 is 1.45 bits per heavy atom. The molecule has 5 heteroatoms. The van der Waals surface area contributed by atoms with Crippen molar-refractivity contribution >= 4 is 27.9 Å². The molecule has 0 radical (unpaired) electrons. The molecule has 1 N–H and O–H groups in total. The SMILES string of the molecule is C=CCCC(C(=O)O)(C(=O)OCC)c1ccccc1Br. The first-order chi connectivity index (χ1) is 9.50. The number of hydrogen-bond donors (Lipinski definition) is 1. The van der Waals surface area contributed by atoms with Gasteiger partial charge in [0.2, 0.25) is 0 Å². The number of carbonyl (C=O) groups excluding carboxylic acids is 1. The molecule has 0 saturated carbocycles. The molecule has 1 rings (SSSR count). The van der Waals surface area contributed by atoms with Crippen molar-refractivity contribution in [1.29, 1.82) is 0 Å². The molecule has 4 nitrogen and oxygen atoms in total. The van der Waals surface area contributed by atoms with Gasteiger partial charge in [0.1, 0.15) is 0 Å². The van der Waals surface area contributed by atoms with E-state index in [1.54, 1.807) is 37.3 Å². The van der Waals surface area contributed by atoms with Crippen LogP contribution >= 0.6 is 15.9 Å². The molecule has 1 unspecified atom stereocenters. The van der Waals surface area contributed by atoms with Gasteiger partial charge < -0.3 is 9.84 Å². The Morgan fingerprint density at radius 3 is 2.60 bits per heavy atom. The summed E-state index contributed by atoms with van der Waals surface area (Å²) in [7, 11) is 0. The summed E-state index contributed by atoms with van der Waals surface area (Å²) < 4.78 is 5.57. The van der Waals surface area contributed by atoms with Crippen LogP contribution in [0.25, 0.3) is 0 Å². The quantitative estimate of drug-likeness (QED) is 0.470. The summed E-state index contributed by atoms with van der Waals surface area (Å²) in [6.45, 7) is 5.37. The number of carboxylic acid groups (broad SMARTS) is 1. The fraction of sp³-hybridized carbons (Fsp3) is 0.333. The number of ether oxygens (including phenoxy) is 1. The Morgan fingerprint density at radius 2 is 2.10 bits per heavy atom. The number of esters is 1. The molecule has 0 heterocycles. The van der Waals surface area contributed by atoms with Crippen LogP contribution in [0.5, 0.6) is 0 Å². The number of allylic oxidation sites excluding steroid dienone is 1. The summed E-state index contributed by atoms with van der Waals surface area (Å²) in [6.07, 6.45) is 2.09. The lowest BCUT2D eigenvalue weighted by Gasteiger charge is -2.28. The molecule has 0 aromatic heterocycles.